The lowest BCUT2D eigenvalue weighted by Crippen LogP contribution is -2.27. The number of nitrogens with zero attached hydrogens (tertiary/aromatic N) is 2. The molecule has 0 radical (unpaired) electrons. The third-order valence-corrected chi connectivity index (χ3v) is 3.21. The highest BCUT2D eigenvalue weighted by molar-refractivity contribution is 6.06. The van der Waals surface area contributed by atoms with Crippen molar-refractivity contribution in [2.45, 2.75) is 6.92 Å². The van der Waals surface area contributed by atoms with Crippen molar-refractivity contribution in [3.63, 3.8) is 0 Å². The first-order valence-electron chi connectivity index (χ1n) is 6.18. The summed E-state index contributed by atoms with van der Waals surface area (Å²) in [6.07, 6.45) is 0. The SMILES string of the molecule is Cc1cc(C(=O)N(C)c2ccccc2C#N)ccc1N. The third kappa shape index (κ3) is 2.47. The Labute approximate surface area is 118 Å². The number of para-hydroxylation sites is 1. The highest BCUT2D eigenvalue weighted by Crippen LogP contribution is 2.21. The number of hydrogen-bond donors (Lipinski definition) is 1. The molecule has 0 aliphatic heterocycles. The van der Waals surface area contributed by atoms with Crippen molar-refractivity contribution in [2.24, 2.45) is 0 Å². The largest absolute Gasteiger partial charge is 0.399 e. The molecule has 0 bridgehead atoms. The molecular weight excluding hydrogens is 250 g/mol. The van der Waals surface area contributed by atoms with E-state index in [-0.39, 0.29) is 5.91 Å². The summed E-state index contributed by atoms with van der Waals surface area (Å²) in [4.78, 5) is 13.9. The van der Waals surface area contributed by atoms with Crippen molar-refractivity contribution < 1.29 is 4.79 Å². The number of carbonyl (C=O) groups excluding carboxylic acids is 1. The lowest BCUT2D eigenvalue weighted by atomic mass is 10.1. The van der Waals surface area contributed by atoms with Crippen LogP contribution in [0.15, 0.2) is 42.5 Å². The van der Waals surface area contributed by atoms with Crippen LogP contribution in [0.25, 0.3) is 0 Å². The number of aryl methyl sites for hydroxylation is 1. The lowest BCUT2D eigenvalue weighted by molar-refractivity contribution is 0.0993. The van der Waals surface area contributed by atoms with Crippen LogP contribution < -0.4 is 10.6 Å². The van der Waals surface area contributed by atoms with E-state index >= 15 is 0 Å². The standard InChI is InChI=1S/C16H15N3O/c1-11-9-12(7-8-14(11)18)16(20)19(2)15-6-4-3-5-13(15)10-17/h3-9H,18H2,1-2H3. The summed E-state index contributed by atoms with van der Waals surface area (Å²) in [5.74, 6) is -0.171. The molecule has 0 unspecified atom stereocenters. The Kier molecular flexibility index (Phi) is 3.72. The monoisotopic (exact) mass is 265 g/mol. The van der Waals surface area contributed by atoms with Crippen molar-refractivity contribution in [3.05, 3.63) is 59.2 Å². The average Bonchev–Trinajstić information content (AvgIpc) is 2.48. The molecule has 4 nitrogen and oxygen atoms in total. The van der Waals surface area contributed by atoms with Crippen LogP contribution in [0.5, 0.6) is 0 Å². The topological polar surface area (TPSA) is 70.1 Å². The van der Waals surface area contributed by atoms with E-state index in [2.05, 4.69) is 6.07 Å². The molecule has 2 aromatic carbocycles. The molecule has 100 valence electrons. The molecule has 20 heavy (non-hydrogen) atoms. The molecule has 0 aromatic heterocycles. The Balaban J connectivity index is 2.38. The van der Waals surface area contributed by atoms with E-state index in [4.69, 9.17) is 11.0 Å². The maximum atomic E-state index is 12.5. The molecule has 1 amide bonds. The maximum absolute atomic E-state index is 12.5. The number of benzene rings is 2. The number of hydrogen-bond acceptors (Lipinski definition) is 3. The molecule has 0 atom stereocenters. The fourth-order valence-electron chi connectivity index (χ4n) is 1.97. The van der Waals surface area contributed by atoms with Gasteiger partial charge < -0.3 is 10.6 Å². The van der Waals surface area contributed by atoms with Crippen molar-refractivity contribution in [2.75, 3.05) is 17.7 Å². The molecule has 0 aliphatic rings. The van der Waals surface area contributed by atoms with Gasteiger partial charge in [0.05, 0.1) is 11.3 Å². The third-order valence-electron chi connectivity index (χ3n) is 3.21. The van der Waals surface area contributed by atoms with Gasteiger partial charge in [0.1, 0.15) is 6.07 Å². The van der Waals surface area contributed by atoms with E-state index in [0.717, 1.165) is 5.56 Å². The van der Waals surface area contributed by atoms with Crippen molar-refractivity contribution >= 4 is 17.3 Å². The van der Waals surface area contributed by atoms with Gasteiger partial charge in [-0.1, -0.05) is 12.1 Å². The van der Waals surface area contributed by atoms with Crippen LogP contribution in [-0.4, -0.2) is 13.0 Å². The summed E-state index contributed by atoms with van der Waals surface area (Å²) in [5, 5.41) is 9.10. The number of nitriles is 1. The smallest absolute Gasteiger partial charge is 0.258 e. The van der Waals surface area contributed by atoms with Crippen LogP contribution in [0.1, 0.15) is 21.5 Å². The quantitative estimate of drug-likeness (QED) is 0.849. The second-order valence-corrected chi connectivity index (χ2v) is 4.56. The van der Waals surface area contributed by atoms with Gasteiger partial charge in [0.15, 0.2) is 0 Å². The Morgan fingerprint density at radius 1 is 1.25 bits per heavy atom. The van der Waals surface area contributed by atoms with Crippen LogP contribution in [0.3, 0.4) is 0 Å². The number of nitrogens with two attached hydrogens (primary N) is 1. The summed E-state index contributed by atoms with van der Waals surface area (Å²) in [6, 6.07) is 14.3. The minimum atomic E-state index is -0.171. The van der Waals surface area contributed by atoms with E-state index in [1.807, 2.05) is 6.92 Å². The van der Waals surface area contributed by atoms with Crippen LogP contribution in [-0.2, 0) is 0 Å². The summed E-state index contributed by atoms with van der Waals surface area (Å²) in [7, 11) is 1.66. The summed E-state index contributed by atoms with van der Waals surface area (Å²) in [5.41, 5.74) is 8.88. The fourth-order valence-corrected chi connectivity index (χ4v) is 1.97. The first-order valence-corrected chi connectivity index (χ1v) is 6.18. The van der Waals surface area contributed by atoms with E-state index in [1.165, 1.54) is 4.90 Å². The Bertz CT molecular complexity index is 701. The van der Waals surface area contributed by atoms with Crippen LogP contribution in [0, 0.1) is 18.3 Å². The van der Waals surface area contributed by atoms with Gasteiger partial charge in [-0.15, -0.1) is 0 Å². The zero-order chi connectivity index (χ0) is 14.7. The average molecular weight is 265 g/mol. The maximum Gasteiger partial charge on any atom is 0.258 e. The molecule has 2 aromatic rings. The molecule has 4 heteroatoms. The highest BCUT2D eigenvalue weighted by Gasteiger charge is 2.16. The van der Waals surface area contributed by atoms with Crippen LogP contribution >= 0.6 is 0 Å². The number of nitrogen functional groups attached to an aromatic ring is 1. The molecule has 2 N–H and O–H groups in total. The normalized spacial score (nSPS) is 9.85. The van der Waals surface area contributed by atoms with Gasteiger partial charge in [0, 0.05) is 18.3 Å². The van der Waals surface area contributed by atoms with E-state index in [0.29, 0.717) is 22.5 Å². The number of rotatable bonds is 2. The van der Waals surface area contributed by atoms with E-state index in [1.54, 1.807) is 49.5 Å². The van der Waals surface area contributed by atoms with E-state index in [9.17, 15) is 4.79 Å². The van der Waals surface area contributed by atoms with Gasteiger partial charge in [0.2, 0.25) is 0 Å². The minimum Gasteiger partial charge on any atom is -0.399 e. The second kappa shape index (κ2) is 5.45. The van der Waals surface area contributed by atoms with Gasteiger partial charge in [0.25, 0.3) is 5.91 Å². The van der Waals surface area contributed by atoms with Crippen LogP contribution in [0.2, 0.25) is 0 Å². The zero-order valence-electron chi connectivity index (χ0n) is 11.4. The minimum absolute atomic E-state index is 0.171. The number of anilines is 2. The first-order chi connectivity index (χ1) is 9.54. The zero-order valence-corrected chi connectivity index (χ0v) is 11.4. The second-order valence-electron chi connectivity index (χ2n) is 4.56. The highest BCUT2D eigenvalue weighted by atomic mass is 16.2. The predicted octanol–water partition coefficient (Wildman–Crippen LogP) is 2.73. The number of amides is 1. The predicted molar refractivity (Wildman–Crippen MR) is 79.5 cm³/mol. The van der Waals surface area contributed by atoms with Gasteiger partial charge in [-0.3, -0.25) is 4.79 Å². The summed E-state index contributed by atoms with van der Waals surface area (Å²) >= 11 is 0. The molecule has 0 saturated carbocycles. The summed E-state index contributed by atoms with van der Waals surface area (Å²) < 4.78 is 0. The molecule has 0 fully saturated rings. The van der Waals surface area contributed by atoms with Crippen molar-refractivity contribution in [3.8, 4) is 6.07 Å². The molecule has 2 rings (SSSR count). The van der Waals surface area contributed by atoms with Gasteiger partial charge in [-0.05, 0) is 42.8 Å². The Morgan fingerprint density at radius 3 is 2.60 bits per heavy atom. The van der Waals surface area contributed by atoms with Gasteiger partial charge >= 0.3 is 0 Å². The molecular formula is C16H15N3O. The van der Waals surface area contributed by atoms with E-state index < -0.39 is 0 Å². The number of carbonyl (C=O) groups is 1. The van der Waals surface area contributed by atoms with Gasteiger partial charge in [-0.2, -0.15) is 5.26 Å². The van der Waals surface area contributed by atoms with Crippen molar-refractivity contribution in [1.82, 2.24) is 0 Å². The molecule has 0 saturated heterocycles. The Hall–Kier alpha value is -2.80. The first kappa shape index (κ1) is 13.6. The Morgan fingerprint density at radius 2 is 1.95 bits per heavy atom. The van der Waals surface area contributed by atoms with Crippen molar-refractivity contribution in [1.29, 1.82) is 5.26 Å². The lowest BCUT2D eigenvalue weighted by Gasteiger charge is -2.19. The fraction of sp³-hybridized carbons (Fsp3) is 0.125. The molecule has 0 heterocycles. The summed E-state index contributed by atoms with van der Waals surface area (Å²) in [6.45, 7) is 1.86. The molecule has 0 spiro atoms. The van der Waals surface area contributed by atoms with Crippen LogP contribution in [0.4, 0.5) is 11.4 Å². The van der Waals surface area contributed by atoms with Gasteiger partial charge in [-0.25, -0.2) is 0 Å². The molecule has 0 aliphatic carbocycles.